The molecule has 2 fully saturated rings. The molecule has 2 aliphatic rings. The van der Waals surface area contributed by atoms with E-state index in [0.717, 1.165) is 27.6 Å². The van der Waals surface area contributed by atoms with E-state index in [1.54, 1.807) is 11.8 Å². The summed E-state index contributed by atoms with van der Waals surface area (Å²) in [6.45, 7) is 2.22. The molecule has 6 heteroatoms. The van der Waals surface area contributed by atoms with E-state index in [-0.39, 0.29) is 0 Å². The highest BCUT2D eigenvalue weighted by molar-refractivity contribution is 8.23. The van der Waals surface area contributed by atoms with E-state index in [1.807, 2.05) is 0 Å². The quantitative estimate of drug-likeness (QED) is 0.609. The zero-order valence-corrected chi connectivity index (χ0v) is 11.3. The second-order valence-electron chi connectivity index (χ2n) is 4.25. The molecule has 1 aromatic rings. The Morgan fingerprint density at radius 2 is 2.12 bits per heavy atom. The molecule has 1 aliphatic carbocycles. The van der Waals surface area contributed by atoms with E-state index in [9.17, 15) is 0 Å². The number of aromatic nitrogens is 2. The van der Waals surface area contributed by atoms with Crippen molar-refractivity contribution in [3.8, 4) is 0 Å². The molecule has 2 heterocycles. The van der Waals surface area contributed by atoms with Crippen molar-refractivity contribution in [1.82, 2.24) is 14.3 Å². The molecular formula is C10H13N3S3. The summed E-state index contributed by atoms with van der Waals surface area (Å²) in [5.41, 5.74) is 0. The van der Waals surface area contributed by atoms with Gasteiger partial charge in [0.05, 0.1) is 0 Å². The Morgan fingerprint density at radius 1 is 1.38 bits per heavy atom. The van der Waals surface area contributed by atoms with E-state index >= 15 is 0 Å². The third-order valence-corrected chi connectivity index (χ3v) is 5.11. The van der Waals surface area contributed by atoms with Crippen LogP contribution in [0.2, 0.25) is 0 Å². The van der Waals surface area contributed by atoms with Crippen LogP contribution in [0, 0.1) is 0 Å². The van der Waals surface area contributed by atoms with Gasteiger partial charge in [0.25, 0.3) is 0 Å². The number of nitrogens with zero attached hydrogens (tertiary/aromatic N) is 3. The smallest absolute Gasteiger partial charge is 0.177 e. The molecule has 0 N–H and O–H groups in total. The number of rotatable bonds is 2. The zero-order chi connectivity index (χ0) is 11.0. The first-order valence-electron chi connectivity index (χ1n) is 5.63. The fraction of sp³-hybridized carbons (Fsp3) is 0.700. The van der Waals surface area contributed by atoms with Crippen molar-refractivity contribution in [3.63, 3.8) is 0 Å². The molecular weight excluding hydrogens is 258 g/mol. The van der Waals surface area contributed by atoms with Crippen molar-refractivity contribution in [2.24, 2.45) is 0 Å². The van der Waals surface area contributed by atoms with Gasteiger partial charge in [0.1, 0.15) is 10.1 Å². The molecule has 16 heavy (non-hydrogen) atoms. The SMILES string of the molecule is S=C(Sc1nc(C2CC2)ns1)N1CCCC1. The second kappa shape index (κ2) is 4.58. The molecule has 1 saturated heterocycles. The summed E-state index contributed by atoms with van der Waals surface area (Å²) >= 11 is 8.52. The number of thiocarbonyl (C=S) groups is 1. The van der Waals surface area contributed by atoms with Gasteiger partial charge >= 0.3 is 0 Å². The highest BCUT2D eigenvalue weighted by Gasteiger charge is 2.28. The minimum Gasteiger partial charge on any atom is -0.357 e. The minimum absolute atomic E-state index is 0.644. The first kappa shape index (κ1) is 10.9. The molecule has 0 aromatic carbocycles. The predicted octanol–water partition coefficient (Wildman–Crippen LogP) is 2.89. The van der Waals surface area contributed by atoms with Gasteiger partial charge in [0, 0.05) is 19.0 Å². The molecule has 0 spiro atoms. The first-order chi connectivity index (χ1) is 7.83. The van der Waals surface area contributed by atoms with Crippen LogP contribution in [0.4, 0.5) is 0 Å². The van der Waals surface area contributed by atoms with Gasteiger partial charge in [-0.1, -0.05) is 12.2 Å². The lowest BCUT2D eigenvalue weighted by Crippen LogP contribution is -2.22. The van der Waals surface area contributed by atoms with Gasteiger partial charge in [0.15, 0.2) is 4.34 Å². The van der Waals surface area contributed by atoms with Crippen LogP contribution >= 0.6 is 35.5 Å². The summed E-state index contributed by atoms with van der Waals surface area (Å²) in [7, 11) is 0. The fourth-order valence-electron chi connectivity index (χ4n) is 1.81. The van der Waals surface area contributed by atoms with Crippen molar-refractivity contribution >= 4 is 39.8 Å². The number of hydrogen-bond donors (Lipinski definition) is 0. The molecule has 0 unspecified atom stereocenters. The molecule has 3 rings (SSSR count). The maximum absolute atomic E-state index is 5.41. The molecule has 0 amide bonds. The number of likely N-dealkylation sites (tertiary alicyclic amines) is 1. The number of thioether (sulfide) groups is 1. The summed E-state index contributed by atoms with van der Waals surface area (Å²) in [4.78, 5) is 6.82. The van der Waals surface area contributed by atoms with Gasteiger partial charge in [-0.25, -0.2) is 4.98 Å². The molecule has 1 saturated carbocycles. The highest BCUT2D eigenvalue weighted by atomic mass is 32.2. The molecule has 86 valence electrons. The van der Waals surface area contributed by atoms with Gasteiger partial charge in [0.2, 0.25) is 0 Å². The van der Waals surface area contributed by atoms with Gasteiger partial charge in [-0.2, -0.15) is 4.37 Å². The third kappa shape index (κ3) is 2.38. The molecule has 1 aliphatic heterocycles. The Kier molecular flexibility index (Phi) is 3.13. The normalized spacial score (nSPS) is 20.4. The summed E-state index contributed by atoms with van der Waals surface area (Å²) < 4.78 is 6.37. The lowest BCUT2D eigenvalue weighted by Gasteiger charge is -2.15. The number of hydrogen-bond acceptors (Lipinski definition) is 5. The Labute approximate surface area is 109 Å². The highest BCUT2D eigenvalue weighted by Crippen LogP contribution is 2.40. The summed E-state index contributed by atoms with van der Waals surface area (Å²) in [6.07, 6.45) is 5.06. The van der Waals surface area contributed by atoms with Crippen molar-refractivity contribution in [2.75, 3.05) is 13.1 Å². The minimum atomic E-state index is 0.644. The Hall–Kier alpha value is -0.200. The van der Waals surface area contributed by atoms with Crippen LogP contribution in [-0.4, -0.2) is 31.7 Å². The zero-order valence-electron chi connectivity index (χ0n) is 8.89. The van der Waals surface area contributed by atoms with Crippen LogP contribution in [0.5, 0.6) is 0 Å². The van der Waals surface area contributed by atoms with Crippen LogP contribution in [-0.2, 0) is 0 Å². The van der Waals surface area contributed by atoms with Crippen LogP contribution < -0.4 is 0 Å². The average Bonchev–Trinajstić information content (AvgIpc) is 2.82. The van der Waals surface area contributed by atoms with Crippen molar-refractivity contribution in [2.45, 2.75) is 35.9 Å². The van der Waals surface area contributed by atoms with Crippen LogP contribution in [0.1, 0.15) is 37.4 Å². The largest absolute Gasteiger partial charge is 0.357 e. The van der Waals surface area contributed by atoms with Gasteiger partial charge in [-0.05, 0) is 49.0 Å². The van der Waals surface area contributed by atoms with Crippen molar-refractivity contribution in [3.05, 3.63) is 5.82 Å². The lowest BCUT2D eigenvalue weighted by atomic mass is 10.4. The van der Waals surface area contributed by atoms with E-state index in [4.69, 9.17) is 12.2 Å². The lowest BCUT2D eigenvalue weighted by molar-refractivity contribution is 0.539. The first-order valence-corrected chi connectivity index (χ1v) is 7.63. The monoisotopic (exact) mass is 271 g/mol. The van der Waals surface area contributed by atoms with Crippen LogP contribution in [0.3, 0.4) is 0 Å². The standard InChI is InChI=1S/C10H13N3S3/c14-10(13-5-1-2-6-13)15-9-11-8(12-16-9)7-3-4-7/h7H,1-6H2. The molecule has 0 atom stereocenters. The van der Waals surface area contributed by atoms with Crippen LogP contribution in [0.25, 0.3) is 0 Å². The Morgan fingerprint density at radius 3 is 2.81 bits per heavy atom. The molecule has 1 aromatic heterocycles. The van der Waals surface area contributed by atoms with E-state index in [2.05, 4.69) is 14.3 Å². The second-order valence-corrected chi connectivity index (χ2v) is 6.89. The molecule has 3 nitrogen and oxygen atoms in total. The predicted molar refractivity (Wildman–Crippen MR) is 71.1 cm³/mol. The summed E-state index contributed by atoms with van der Waals surface area (Å²) in [6, 6.07) is 0. The van der Waals surface area contributed by atoms with Gasteiger partial charge in [-0.3, -0.25) is 0 Å². The Balaban J connectivity index is 1.61. The van der Waals surface area contributed by atoms with E-state index in [0.29, 0.717) is 5.92 Å². The van der Waals surface area contributed by atoms with Crippen molar-refractivity contribution < 1.29 is 0 Å². The average molecular weight is 271 g/mol. The summed E-state index contributed by atoms with van der Waals surface area (Å²) in [5, 5.41) is 0. The maximum atomic E-state index is 5.41. The van der Waals surface area contributed by atoms with Crippen molar-refractivity contribution in [1.29, 1.82) is 0 Å². The summed E-state index contributed by atoms with van der Waals surface area (Å²) in [5.74, 6) is 1.68. The maximum Gasteiger partial charge on any atom is 0.177 e. The van der Waals surface area contributed by atoms with Gasteiger partial charge < -0.3 is 4.90 Å². The van der Waals surface area contributed by atoms with Crippen LogP contribution in [0.15, 0.2) is 4.34 Å². The Bertz CT molecular complexity index is 394. The molecule has 0 bridgehead atoms. The van der Waals surface area contributed by atoms with E-state index in [1.165, 1.54) is 37.2 Å². The molecule has 0 radical (unpaired) electrons. The topological polar surface area (TPSA) is 29.0 Å². The fourth-order valence-corrected chi connectivity index (χ4v) is 3.98. The third-order valence-electron chi connectivity index (χ3n) is 2.90. The van der Waals surface area contributed by atoms with E-state index < -0.39 is 0 Å². The van der Waals surface area contributed by atoms with Gasteiger partial charge in [-0.15, -0.1) is 0 Å².